The molecule has 2 fully saturated rings. The zero-order valence-electron chi connectivity index (χ0n) is 19.6. The van der Waals surface area contributed by atoms with Gasteiger partial charge < -0.3 is 20.7 Å². The molecule has 0 spiro atoms. The van der Waals surface area contributed by atoms with E-state index < -0.39 is 0 Å². The fraction of sp³-hybridized carbons (Fsp3) is 0.458. The van der Waals surface area contributed by atoms with E-state index >= 15 is 0 Å². The number of hydrogen-bond acceptors (Lipinski definition) is 10. The van der Waals surface area contributed by atoms with Gasteiger partial charge in [0, 0.05) is 44.0 Å². The number of nitrogens with zero attached hydrogens (tertiary/aromatic N) is 5. The molecular formula is C24H30N8O2S. The molecule has 1 amide bonds. The maximum Gasteiger partial charge on any atom is 0.243 e. The quantitative estimate of drug-likeness (QED) is 0.406. The van der Waals surface area contributed by atoms with E-state index in [1.807, 2.05) is 18.2 Å². The van der Waals surface area contributed by atoms with Crippen LogP contribution in [0.5, 0.6) is 0 Å². The summed E-state index contributed by atoms with van der Waals surface area (Å²) >= 11 is 1.49. The van der Waals surface area contributed by atoms with E-state index in [1.165, 1.54) is 17.4 Å². The summed E-state index contributed by atoms with van der Waals surface area (Å²) in [5.74, 6) is 1.14. The molecule has 1 aliphatic carbocycles. The number of amides is 1. The van der Waals surface area contributed by atoms with Gasteiger partial charge in [0.1, 0.15) is 16.2 Å². The van der Waals surface area contributed by atoms with Crippen molar-refractivity contribution in [1.82, 2.24) is 30.2 Å². The van der Waals surface area contributed by atoms with Crippen LogP contribution in [0.25, 0.3) is 10.3 Å². The van der Waals surface area contributed by atoms with E-state index in [0.29, 0.717) is 11.8 Å². The van der Waals surface area contributed by atoms with Gasteiger partial charge in [0.25, 0.3) is 0 Å². The lowest BCUT2D eigenvalue weighted by atomic mass is 9.91. The first-order valence-electron chi connectivity index (χ1n) is 12.0. The lowest BCUT2D eigenvalue weighted by Crippen LogP contribution is -2.41. The molecule has 11 heteroatoms. The Morgan fingerprint density at radius 3 is 2.91 bits per heavy atom. The molecule has 3 aromatic rings. The van der Waals surface area contributed by atoms with Gasteiger partial charge in [-0.25, -0.2) is 15.0 Å². The maximum absolute atomic E-state index is 11.8. The Balaban J connectivity index is 1.34. The summed E-state index contributed by atoms with van der Waals surface area (Å²) in [6.07, 6.45) is 6.91. The molecule has 0 unspecified atom stereocenters. The number of aromatic nitrogens is 4. The third kappa shape index (κ3) is 6.30. The maximum atomic E-state index is 11.8. The number of carbonyl (C=O) groups excluding carboxylic acids is 1. The zero-order chi connectivity index (χ0) is 24.0. The van der Waals surface area contributed by atoms with Crippen molar-refractivity contribution in [2.75, 3.05) is 36.9 Å². The van der Waals surface area contributed by atoms with Crippen LogP contribution >= 0.6 is 11.3 Å². The van der Waals surface area contributed by atoms with Crippen LogP contribution < -0.4 is 16.0 Å². The highest BCUT2D eigenvalue weighted by Gasteiger charge is 2.24. The molecule has 1 saturated carbocycles. The van der Waals surface area contributed by atoms with Gasteiger partial charge in [0.2, 0.25) is 11.9 Å². The van der Waals surface area contributed by atoms with Crippen LogP contribution in [0.15, 0.2) is 37.1 Å². The van der Waals surface area contributed by atoms with Crippen LogP contribution in [0.2, 0.25) is 0 Å². The minimum atomic E-state index is -0.129. The number of hydrogen-bond donors (Lipinski definition) is 3. The van der Waals surface area contributed by atoms with Gasteiger partial charge in [0.05, 0.1) is 18.9 Å². The number of thiazole rings is 1. The Morgan fingerprint density at radius 1 is 1.23 bits per heavy atom. The van der Waals surface area contributed by atoms with Crippen LogP contribution in [-0.2, 0) is 16.1 Å². The molecule has 3 aromatic heterocycles. The molecule has 10 nitrogen and oxygen atoms in total. The van der Waals surface area contributed by atoms with Gasteiger partial charge in [-0.2, -0.15) is 4.98 Å². The normalized spacial score (nSPS) is 20.9. The largest absolute Gasteiger partial charge is 0.379 e. The molecule has 184 valence electrons. The van der Waals surface area contributed by atoms with Gasteiger partial charge in [0.15, 0.2) is 5.13 Å². The molecule has 3 N–H and O–H groups in total. The Morgan fingerprint density at radius 2 is 2.09 bits per heavy atom. The van der Waals surface area contributed by atoms with Crippen molar-refractivity contribution in [3.63, 3.8) is 0 Å². The van der Waals surface area contributed by atoms with Gasteiger partial charge in [-0.3, -0.25) is 9.69 Å². The monoisotopic (exact) mass is 494 g/mol. The van der Waals surface area contributed by atoms with Gasteiger partial charge in [-0.1, -0.05) is 17.9 Å². The van der Waals surface area contributed by atoms with Crippen molar-refractivity contribution in [3.8, 4) is 0 Å². The molecule has 0 aromatic carbocycles. The number of pyridine rings is 1. The van der Waals surface area contributed by atoms with Crippen LogP contribution in [-0.4, -0.2) is 69.1 Å². The Hall–Kier alpha value is -3.15. The smallest absolute Gasteiger partial charge is 0.243 e. The van der Waals surface area contributed by atoms with Crippen LogP contribution in [0.1, 0.15) is 31.4 Å². The molecule has 0 bridgehead atoms. The summed E-state index contributed by atoms with van der Waals surface area (Å²) in [7, 11) is 0. The lowest BCUT2D eigenvalue weighted by Gasteiger charge is -2.30. The van der Waals surface area contributed by atoms with Crippen molar-refractivity contribution in [3.05, 3.63) is 42.7 Å². The third-order valence-electron chi connectivity index (χ3n) is 6.21. The first-order chi connectivity index (χ1) is 17.1. The van der Waals surface area contributed by atoms with Crippen LogP contribution in [0.4, 0.5) is 16.9 Å². The number of anilines is 3. The summed E-state index contributed by atoms with van der Waals surface area (Å²) < 4.78 is 5.49. The first-order valence-corrected chi connectivity index (χ1v) is 12.8. The highest BCUT2D eigenvalue weighted by atomic mass is 32.1. The predicted octanol–water partition coefficient (Wildman–Crippen LogP) is 3.08. The van der Waals surface area contributed by atoms with Gasteiger partial charge in [-0.05, 0) is 43.9 Å². The van der Waals surface area contributed by atoms with Crippen molar-refractivity contribution < 1.29 is 9.53 Å². The Bertz CT molecular complexity index is 1150. The first kappa shape index (κ1) is 23.6. The second-order valence-corrected chi connectivity index (χ2v) is 9.82. The number of carbonyl (C=O) groups is 1. The van der Waals surface area contributed by atoms with E-state index in [1.54, 1.807) is 6.20 Å². The van der Waals surface area contributed by atoms with E-state index in [2.05, 4.69) is 37.4 Å². The average molecular weight is 495 g/mol. The number of nitrogens with one attached hydrogen (secondary N) is 3. The second-order valence-electron chi connectivity index (χ2n) is 8.85. The average Bonchev–Trinajstić information content (AvgIpc) is 3.27. The molecule has 5 rings (SSSR count). The van der Waals surface area contributed by atoms with Crippen LogP contribution in [0.3, 0.4) is 0 Å². The summed E-state index contributed by atoms with van der Waals surface area (Å²) in [5.41, 5.74) is 1.79. The third-order valence-corrected chi connectivity index (χ3v) is 7.10. The minimum absolute atomic E-state index is 0.121. The lowest BCUT2D eigenvalue weighted by molar-refractivity contribution is -0.117. The number of ether oxygens (including phenoxy) is 1. The highest BCUT2D eigenvalue weighted by molar-refractivity contribution is 7.21. The van der Waals surface area contributed by atoms with Gasteiger partial charge >= 0.3 is 0 Å². The van der Waals surface area contributed by atoms with E-state index in [4.69, 9.17) is 14.7 Å². The molecular weight excluding hydrogens is 464 g/mol. The van der Waals surface area contributed by atoms with E-state index in [0.717, 1.165) is 79.7 Å². The fourth-order valence-corrected chi connectivity index (χ4v) is 5.34. The standard InChI is InChI=1S/C24H30N8O2S/c1-2-21(33)26-16-5-3-6-17(13-16)27-23-28-18(15-32-9-11-34-12-10-32)14-20(30-23)31-24-29-19-7-4-8-25-22(19)35-24/h2,4,7-8,14,16-17H,1,3,5-6,9-13,15H2,(H,26,33)(H2,27,28,29,30,31)/t16-,17+/m0/s1. The second kappa shape index (κ2) is 11.1. The van der Waals surface area contributed by atoms with Crippen LogP contribution in [0, 0.1) is 0 Å². The SMILES string of the molecule is C=CC(=O)N[C@H]1CCC[C@@H](Nc2nc(CN3CCOCC3)cc(Nc3nc4cccnc4s3)n2)C1. The minimum Gasteiger partial charge on any atom is -0.379 e. The van der Waals surface area contributed by atoms with Crippen molar-refractivity contribution in [2.24, 2.45) is 0 Å². The molecule has 1 saturated heterocycles. The Labute approximate surface area is 208 Å². The summed E-state index contributed by atoms with van der Waals surface area (Å²) in [5, 5.41) is 10.6. The number of rotatable bonds is 8. The molecule has 2 atom stereocenters. The van der Waals surface area contributed by atoms with E-state index in [9.17, 15) is 4.79 Å². The predicted molar refractivity (Wildman–Crippen MR) is 137 cm³/mol. The number of fused-ring (bicyclic) bond motifs is 1. The summed E-state index contributed by atoms with van der Waals surface area (Å²) in [6, 6.07) is 6.11. The van der Waals surface area contributed by atoms with Crippen molar-refractivity contribution in [1.29, 1.82) is 0 Å². The van der Waals surface area contributed by atoms with Gasteiger partial charge in [-0.15, -0.1) is 0 Å². The molecule has 4 heterocycles. The van der Waals surface area contributed by atoms with Crippen molar-refractivity contribution >= 4 is 44.5 Å². The number of morpholine rings is 1. The molecule has 2 aliphatic rings. The fourth-order valence-electron chi connectivity index (χ4n) is 4.52. The van der Waals surface area contributed by atoms with E-state index in [-0.39, 0.29) is 18.0 Å². The Kier molecular flexibility index (Phi) is 7.45. The highest BCUT2D eigenvalue weighted by Crippen LogP contribution is 2.27. The topological polar surface area (TPSA) is 117 Å². The molecule has 0 radical (unpaired) electrons. The molecule has 1 aliphatic heterocycles. The zero-order valence-corrected chi connectivity index (χ0v) is 20.4. The summed E-state index contributed by atoms with van der Waals surface area (Å²) in [6.45, 7) is 7.51. The van der Waals surface area contributed by atoms with Crippen molar-refractivity contribution in [2.45, 2.75) is 44.3 Å². The summed E-state index contributed by atoms with van der Waals surface area (Å²) in [4.78, 5) is 33.6. The molecule has 35 heavy (non-hydrogen) atoms.